The minimum absolute atomic E-state index is 0.126. The van der Waals surface area contributed by atoms with Gasteiger partial charge in [0.2, 0.25) is 0 Å². The topological polar surface area (TPSA) is 104 Å². The van der Waals surface area contributed by atoms with Crippen LogP contribution in [-0.2, 0) is 13.7 Å². The molecule has 0 bridgehead atoms. The maximum Gasteiger partial charge on any atom is 0.376 e. The molecular weight excluding hydrogens is 325 g/mol. The number of halogens is 2. The molecule has 0 aromatic heterocycles. The normalized spacial score (nSPS) is 16.6. The van der Waals surface area contributed by atoms with Crippen LogP contribution in [0.15, 0.2) is 0 Å². The van der Waals surface area contributed by atoms with Crippen molar-refractivity contribution in [2.75, 3.05) is 6.61 Å². The average Bonchev–Trinajstić information content (AvgIpc) is 2.21. The van der Waals surface area contributed by atoms with Crippen LogP contribution in [0.1, 0.15) is 39.0 Å². The number of alkyl halides is 2. The van der Waals surface area contributed by atoms with Gasteiger partial charge in [0.25, 0.3) is 0 Å². The van der Waals surface area contributed by atoms with Gasteiger partial charge in [0.1, 0.15) is 0 Å². The Hall–Kier alpha value is 0.880. The fourth-order valence-electron chi connectivity index (χ4n) is 1.14. The molecule has 0 aliphatic carbocycles. The van der Waals surface area contributed by atoms with E-state index in [0.717, 1.165) is 25.7 Å². The summed E-state index contributed by atoms with van der Waals surface area (Å²) in [6.07, 6.45) is 4.36. The summed E-state index contributed by atoms with van der Waals surface area (Å²) in [4.78, 5) is 26.9. The van der Waals surface area contributed by atoms with Crippen molar-refractivity contribution in [3.8, 4) is 0 Å². The quantitative estimate of drug-likeness (QED) is 0.337. The zero-order valence-electron chi connectivity index (χ0n) is 9.96. The molecule has 10 heteroatoms. The lowest BCUT2D eigenvalue weighted by Gasteiger charge is -2.25. The highest BCUT2D eigenvalue weighted by molar-refractivity contribution is 7.78. The highest BCUT2D eigenvalue weighted by Crippen LogP contribution is 2.75. The van der Waals surface area contributed by atoms with E-state index in [9.17, 15) is 14.0 Å². The van der Waals surface area contributed by atoms with Crippen molar-refractivity contribution in [2.45, 2.75) is 42.8 Å². The third-order valence-electron chi connectivity index (χ3n) is 2.20. The SMILES string of the molecule is CCCCCCCOP(=O)(O)C(Cl)(Cl)P(=O)(O)O. The summed E-state index contributed by atoms with van der Waals surface area (Å²) in [5, 5.41) is 0. The number of unbranched alkanes of at least 4 members (excludes halogenated alkanes) is 4. The molecule has 3 N–H and O–H groups in total. The van der Waals surface area contributed by atoms with Gasteiger partial charge in [-0.1, -0.05) is 55.8 Å². The van der Waals surface area contributed by atoms with E-state index < -0.39 is 19.0 Å². The van der Waals surface area contributed by atoms with E-state index in [1.807, 2.05) is 6.92 Å². The van der Waals surface area contributed by atoms with Gasteiger partial charge in [-0.3, -0.25) is 9.13 Å². The van der Waals surface area contributed by atoms with Crippen LogP contribution in [0.4, 0.5) is 0 Å². The number of rotatable bonds is 9. The smallest absolute Gasteiger partial charge is 0.322 e. The molecule has 0 radical (unpaired) electrons. The summed E-state index contributed by atoms with van der Waals surface area (Å²) in [7, 11) is -9.97. The van der Waals surface area contributed by atoms with Crippen molar-refractivity contribution in [1.29, 1.82) is 0 Å². The first-order valence-corrected chi connectivity index (χ1v) is 9.41. The van der Waals surface area contributed by atoms with Gasteiger partial charge in [0.05, 0.1) is 6.61 Å². The van der Waals surface area contributed by atoms with Crippen LogP contribution in [0.5, 0.6) is 0 Å². The fourth-order valence-corrected chi connectivity index (χ4v) is 3.45. The first kappa shape index (κ1) is 18.9. The van der Waals surface area contributed by atoms with Crippen molar-refractivity contribution >= 4 is 38.4 Å². The van der Waals surface area contributed by atoms with Gasteiger partial charge < -0.3 is 19.2 Å². The van der Waals surface area contributed by atoms with Crippen molar-refractivity contribution in [1.82, 2.24) is 0 Å². The summed E-state index contributed by atoms with van der Waals surface area (Å²) in [6, 6.07) is 0. The van der Waals surface area contributed by atoms with Crippen LogP contribution >= 0.6 is 38.4 Å². The summed E-state index contributed by atoms with van der Waals surface area (Å²) in [5.74, 6) is 0. The van der Waals surface area contributed by atoms with Crippen LogP contribution in [0, 0.1) is 0 Å². The molecule has 0 rings (SSSR count). The molecule has 0 saturated heterocycles. The van der Waals surface area contributed by atoms with Gasteiger partial charge >= 0.3 is 19.0 Å². The molecule has 0 fully saturated rings. The zero-order chi connectivity index (χ0) is 14.4. The summed E-state index contributed by atoms with van der Waals surface area (Å²) in [5.41, 5.74) is 0. The Bertz CT molecular complexity index is 342. The maximum atomic E-state index is 11.5. The second-order valence-electron chi connectivity index (χ2n) is 3.82. The predicted octanol–water partition coefficient (Wildman–Crippen LogP) is 3.43. The molecule has 110 valence electrons. The molecule has 0 aromatic rings. The van der Waals surface area contributed by atoms with Gasteiger partial charge in [-0.25, -0.2) is 0 Å². The summed E-state index contributed by atoms with van der Waals surface area (Å²) in [6.45, 7) is 1.92. The molecule has 1 unspecified atom stereocenters. The molecule has 0 aliphatic heterocycles. The molecule has 18 heavy (non-hydrogen) atoms. The summed E-state index contributed by atoms with van der Waals surface area (Å²) < 4.78 is 23.9. The van der Waals surface area contributed by atoms with Gasteiger partial charge in [0.15, 0.2) is 0 Å². The van der Waals surface area contributed by atoms with E-state index >= 15 is 0 Å². The average molecular weight is 343 g/mol. The van der Waals surface area contributed by atoms with Crippen molar-refractivity contribution in [2.24, 2.45) is 0 Å². The minimum Gasteiger partial charge on any atom is -0.322 e. The van der Waals surface area contributed by atoms with Crippen molar-refractivity contribution in [3.05, 3.63) is 0 Å². The second-order valence-corrected chi connectivity index (χ2v) is 10.3. The molecule has 0 amide bonds. The second kappa shape index (κ2) is 7.61. The van der Waals surface area contributed by atoms with Crippen LogP contribution < -0.4 is 0 Å². The molecule has 0 aromatic carbocycles. The predicted molar refractivity (Wildman–Crippen MR) is 71.0 cm³/mol. The third-order valence-corrected chi connectivity index (χ3v) is 8.26. The Balaban J connectivity index is 4.24. The van der Waals surface area contributed by atoms with Crippen LogP contribution in [0.3, 0.4) is 0 Å². The molecular formula is C8H18Cl2O6P2. The fraction of sp³-hybridized carbons (Fsp3) is 1.00. The highest BCUT2D eigenvalue weighted by atomic mass is 35.5. The maximum absolute atomic E-state index is 11.5. The molecule has 0 heterocycles. The number of hydrogen-bond donors (Lipinski definition) is 3. The van der Waals surface area contributed by atoms with Crippen molar-refractivity contribution < 1.29 is 28.3 Å². The Morgan fingerprint density at radius 2 is 1.56 bits per heavy atom. The monoisotopic (exact) mass is 342 g/mol. The van der Waals surface area contributed by atoms with Gasteiger partial charge in [0, 0.05) is 0 Å². The first-order chi connectivity index (χ1) is 8.06. The third kappa shape index (κ3) is 5.48. The van der Waals surface area contributed by atoms with E-state index in [1.54, 1.807) is 0 Å². The van der Waals surface area contributed by atoms with Gasteiger partial charge in [-0.2, -0.15) is 0 Å². The minimum atomic E-state index is -5.16. The van der Waals surface area contributed by atoms with E-state index in [-0.39, 0.29) is 6.61 Å². The highest BCUT2D eigenvalue weighted by Gasteiger charge is 2.59. The van der Waals surface area contributed by atoms with E-state index in [4.69, 9.17) is 33.0 Å². The standard InChI is InChI=1S/C8H18Cl2O6P2/c1-2-3-4-5-6-7-16-18(14,15)8(9,10)17(11,12)13/h2-7H2,1H3,(H,14,15)(H2,11,12,13). The molecule has 1 atom stereocenters. The molecule has 0 aliphatic rings. The van der Waals surface area contributed by atoms with Crippen LogP contribution in [0.25, 0.3) is 0 Å². The lowest BCUT2D eigenvalue weighted by atomic mass is 10.2. The Morgan fingerprint density at radius 1 is 1.06 bits per heavy atom. The largest absolute Gasteiger partial charge is 0.376 e. The zero-order valence-corrected chi connectivity index (χ0v) is 13.3. The lowest BCUT2D eigenvalue weighted by molar-refractivity contribution is 0.248. The Morgan fingerprint density at radius 3 is 2.00 bits per heavy atom. The van der Waals surface area contributed by atoms with Gasteiger partial charge in [-0.05, 0) is 6.42 Å². The van der Waals surface area contributed by atoms with E-state index in [0.29, 0.717) is 6.42 Å². The lowest BCUT2D eigenvalue weighted by Crippen LogP contribution is -2.16. The van der Waals surface area contributed by atoms with Crippen LogP contribution in [-0.4, -0.2) is 25.1 Å². The Kier molecular flexibility index (Phi) is 7.98. The first-order valence-electron chi connectivity index (χ1n) is 5.47. The molecule has 6 nitrogen and oxygen atoms in total. The van der Waals surface area contributed by atoms with E-state index in [2.05, 4.69) is 4.52 Å². The van der Waals surface area contributed by atoms with Crippen molar-refractivity contribution in [3.63, 3.8) is 0 Å². The van der Waals surface area contributed by atoms with Gasteiger partial charge in [-0.15, -0.1) is 0 Å². The van der Waals surface area contributed by atoms with E-state index in [1.165, 1.54) is 0 Å². The summed E-state index contributed by atoms with van der Waals surface area (Å²) >= 11 is 10.5. The molecule has 0 spiro atoms. The Labute approximate surface area is 116 Å². The number of hydrogen-bond acceptors (Lipinski definition) is 3. The van der Waals surface area contributed by atoms with Crippen LogP contribution in [0.2, 0.25) is 0 Å². The molecule has 0 saturated carbocycles.